The molecule has 1 aliphatic heterocycles. The lowest BCUT2D eigenvalue weighted by Gasteiger charge is -2.16. The number of carbonyl (C=O) groups excluding carboxylic acids is 2. The van der Waals surface area contributed by atoms with Crippen LogP contribution < -0.4 is 5.32 Å². The van der Waals surface area contributed by atoms with E-state index in [2.05, 4.69) is 26.2 Å². The molecule has 124 valence electrons. The van der Waals surface area contributed by atoms with Crippen LogP contribution in [0.4, 0.5) is 5.69 Å². The normalized spacial score (nSPS) is 17.2. The van der Waals surface area contributed by atoms with Crippen molar-refractivity contribution in [2.75, 3.05) is 11.9 Å². The molecular weight excluding hydrogens is 370 g/mol. The third-order valence-corrected chi connectivity index (χ3v) is 5.00. The quantitative estimate of drug-likeness (QED) is 0.876. The molecule has 0 aliphatic carbocycles. The fraction of sp³-hybridized carbons (Fsp3) is 0.278. The second-order valence-corrected chi connectivity index (χ2v) is 6.84. The van der Waals surface area contributed by atoms with Gasteiger partial charge < -0.3 is 10.2 Å². The van der Waals surface area contributed by atoms with Crippen LogP contribution >= 0.6 is 15.9 Å². The highest BCUT2D eigenvalue weighted by Crippen LogP contribution is 2.24. The van der Waals surface area contributed by atoms with Crippen LogP contribution in [0.15, 0.2) is 47.2 Å². The second kappa shape index (κ2) is 7.13. The standard InChI is InChI=1S/C18H18BrN3O2/c1-12-2-3-15(9-16(12)19)21-18(24)14-8-17(23)22(11-14)10-13-4-6-20-7-5-13/h2-7,9,14H,8,10-11H2,1H3,(H,21,24). The molecule has 1 aromatic heterocycles. The first-order valence-electron chi connectivity index (χ1n) is 7.76. The summed E-state index contributed by atoms with van der Waals surface area (Å²) in [7, 11) is 0. The molecule has 1 atom stereocenters. The molecule has 0 saturated carbocycles. The number of pyridine rings is 1. The Hall–Kier alpha value is -2.21. The van der Waals surface area contributed by atoms with Crippen molar-refractivity contribution in [3.8, 4) is 0 Å². The van der Waals surface area contributed by atoms with Crippen LogP contribution in [0.5, 0.6) is 0 Å². The average molecular weight is 388 g/mol. The lowest BCUT2D eigenvalue weighted by molar-refractivity contribution is -0.128. The van der Waals surface area contributed by atoms with Gasteiger partial charge in [0.15, 0.2) is 0 Å². The van der Waals surface area contributed by atoms with Crippen molar-refractivity contribution in [2.24, 2.45) is 5.92 Å². The van der Waals surface area contributed by atoms with Crippen LogP contribution in [0.3, 0.4) is 0 Å². The van der Waals surface area contributed by atoms with Gasteiger partial charge in [-0.15, -0.1) is 0 Å². The van der Waals surface area contributed by atoms with Crippen LogP contribution in [0.25, 0.3) is 0 Å². The zero-order valence-electron chi connectivity index (χ0n) is 13.3. The van der Waals surface area contributed by atoms with Crippen LogP contribution in [0, 0.1) is 12.8 Å². The van der Waals surface area contributed by atoms with E-state index in [4.69, 9.17) is 0 Å². The SMILES string of the molecule is Cc1ccc(NC(=O)C2CC(=O)N(Cc3ccncc3)C2)cc1Br. The fourth-order valence-electron chi connectivity index (χ4n) is 2.72. The Morgan fingerprint density at radius 3 is 2.79 bits per heavy atom. The first-order valence-corrected chi connectivity index (χ1v) is 8.56. The Labute approximate surface area is 149 Å². The molecule has 1 saturated heterocycles. The Balaban J connectivity index is 1.62. The summed E-state index contributed by atoms with van der Waals surface area (Å²) in [6.45, 7) is 2.95. The summed E-state index contributed by atoms with van der Waals surface area (Å²) in [5, 5.41) is 2.90. The number of aryl methyl sites for hydroxylation is 1. The molecule has 1 N–H and O–H groups in total. The van der Waals surface area contributed by atoms with E-state index in [0.717, 1.165) is 21.3 Å². The predicted molar refractivity (Wildman–Crippen MR) is 95.3 cm³/mol. The highest BCUT2D eigenvalue weighted by atomic mass is 79.9. The van der Waals surface area contributed by atoms with Crippen molar-refractivity contribution in [3.63, 3.8) is 0 Å². The van der Waals surface area contributed by atoms with E-state index < -0.39 is 0 Å². The number of nitrogens with one attached hydrogen (secondary N) is 1. The van der Waals surface area contributed by atoms with Gasteiger partial charge in [0.05, 0.1) is 5.92 Å². The summed E-state index contributed by atoms with van der Waals surface area (Å²) >= 11 is 3.46. The van der Waals surface area contributed by atoms with Gasteiger partial charge in [0.2, 0.25) is 11.8 Å². The van der Waals surface area contributed by atoms with Gasteiger partial charge in [-0.3, -0.25) is 14.6 Å². The minimum absolute atomic E-state index is 0.0112. The predicted octanol–water partition coefficient (Wildman–Crippen LogP) is 3.14. The van der Waals surface area contributed by atoms with Crippen molar-refractivity contribution in [3.05, 3.63) is 58.3 Å². The molecule has 2 aromatic rings. The monoisotopic (exact) mass is 387 g/mol. The van der Waals surface area contributed by atoms with Crippen molar-refractivity contribution in [1.82, 2.24) is 9.88 Å². The lowest BCUT2D eigenvalue weighted by Crippen LogP contribution is -2.28. The summed E-state index contributed by atoms with van der Waals surface area (Å²) in [5.41, 5.74) is 2.85. The zero-order valence-corrected chi connectivity index (χ0v) is 14.9. The zero-order chi connectivity index (χ0) is 17.1. The largest absolute Gasteiger partial charge is 0.338 e. The molecule has 0 radical (unpaired) electrons. The number of hydrogen-bond acceptors (Lipinski definition) is 3. The van der Waals surface area contributed by atoms with E-state index in [1.54, 1.807) is 17.3 Å². The molecule has 2 heterocycles. The van der Waals surface area contributed by atoms with Crippen molar-refractivity contribution in [1.29, 1.82) is 0 Å². The maximum atomic E-state index is 12.4. The fourth-order valence-corrected chi connectivity index (χ4v) is 3.10. The summed E-state index contributed by atoms with van der Waals surface area (Å²) < 4.78 is 0.946. The molecule has 0 bridgehead atoms. The maximum Gasteiger partial charge on any atom is 0.229 e. The third-order valence-electron chi connectivity index (χ3n) is 4.15. The first-order chi connectivity index (χ1) is 11.5. The van der Waals surface area contributed by atoms with Crippen molar-refractivity contribution < 1.29 is 9.59 Å². The highest BCUT2D eigenvalue weighted by molar-refractivity contribution is 9.10. The van der Waals surface area contributed by atoms with Gasteiger partial charge in [-0.05, 0) is 42.3 Å². The number of benzene rings is 1. The number of anilines is 1. The first kappa shape index (κ1) is 16.6. The summed E-state index contributed by atoms with van der Waals surface area (Å²) in [4.78, 5) is 30.3. The molecule has 5 nitrogen and oxygen atoms in total. The minimum atomic E-state index is -0.320. The van der Waals surface area contributed by atoms with Crippen LogP contribution in [-0.4, -0.2) is 28.2 Å². The molecule has 24 heavy (non-hydrogen) atoms. The summed E-state index contributed by atoms with van der Waals surface area (Å²) in [6.07, 6.45) is 3.66. The molecule has 3 rings (SSSR count). The maximum absolute atomic E-state index is 12.4. The Morgan fingerprint density at radius 1 is 1.33 bits per heavy atom. The van der Waals surface area contributed by atoms with E-state index in [-0.39, 0.29) is 24.2 Å². The Morgan fingerprint density at radius 2 is 2.08 bits per heavy atom. The number of aromatic nitrogens is 1. The molecule has 0 spiro atoms. The summed E-state index contributed by atoms with van der Waals surface area (Å²) in [5.74, 6) is -0.423. The van der Waals surface area contributed by atoms with Gasteiger partial charge in [0, 0.05) is 42.1 Å². The topological polar surface area (TPSA) is 62.3 Å². The number of likely N-dealkylation sites (tertiary alicyclic amines) is 1. The van der Waals surface area contributed by atoms with Crippen LogP contribution in [0.2, 0.25) is 0 Å². The minimum Gasteiger partial charge on any atom is -0.338 e. The van der Waals surface area contributed by atoms with Gasteiger partial charge in [0.25, 0.3) is 0 Å². The van der Waals surface area contributed by atoms with E-state index in [1.165, 1.54) is 0 Å². The van der Waals surface area contributed by atoms with Crippen LogP contribution in [0.1, 0.15) is 17.5 Å². The molecular formula is C18H18BrN3O2. The average Bonchev–Trinajstić information content (AvgIpc) is 2.93. The molecule has 6 heteroatoms. The van der Waals surface area contributed by atoms with E-state index in [9.17, 15) is 9.59 Å². The highest BCUT2D eigenvalue weighted by Gasteiger charge is 2.34. The van der Waals surface area contributed by atoms with Gasteiger partial charge in [0.1, 0.15) is 0 Å². The molecule has 1 aromatic carbocycles. The van der Waals surface area contributed by atoms with E-state index >= 15 is 0 Å². The van der Waals surface area contributed by atoms with E-state index in [0.29, 0.717) is 13.1 Å². The number of carbonyl (C=O) groups is 2. The van der Waals surface area contributed by atoms with Crippen molar-refractivity contribution >= 4 is 33.4 Å². The smallest absolute Gasteiger partial charge is 0.229 e. The lowest BCUT2D eigenvalue weighted by atomic mass is 10.1. The second-order valence-electron chi connectivity index (χ2n) is 5.98. The van der Waals surface area contributed by atoms with Crippen LogP contribution in [-0.2, 0) is 16.1 Å². The molecule has 1 fully saturated rings. The van der Waals surface area contributed by atoms with Gasteiger partial charge >= 0.3 is 0 Å². The van der Waals surface area contributed by atoms with Gasteiger partial charge in [-0.25, -0.2) is 0 Å². The number of nitrogens with zero attached hydrogens (tertiary/aromatic N) is 2. The number of amides is 2. The molecule has 2 amide bonds. The molecule has 1 aliphatic rings. The van der Waals surface area contributed by atoms with Gasteiger partial charge in [-0.1, -0.05) is 22.0 Å². The number of hydrogen-bond donors (Lipinski definition) is 1. The summed E-state index contributed by atoms with van der Waals surface area (Å²) in [6, 6.07) is 9.44. The Bertz CT molecular complexity index is 764. The number of rotatable bonds is 4. The van der Waals surface area contributed by atoms with Crippen molar-refractivity contribution in [2.45, 2.75) is 19.9 Å². The van der Waals surface area contributed by atoms with Gasteiger partial charge in [-0.2, -0.15) is 0 Å². The van der Waals surface area contributed by atoms with E-state index in [1.807, 2.05) is 37.3 Å². The molecule has 1 unspecified atom stereocenters. The Kier molecular flexibility index (Phi) is 4.94. The number of halogens is 1. The third kappa shape index (κ3) is 3.82.